The maximum Gasteiger partial charge on any atom is 0.262 e. The van der Waals surface area contributed by atoms with E-state index in [2.05, 4.69) is 15.4 Å². The van der Waals surface area contributed by atoms with Gasteiger partial charge in [0, 0.05) is 12.4 Å². The number of imide groups is 1. The Morgan fingerprint density at radius 3 is 2.31 bits per heavy atom. The Hall–Kier alpha value is -3.55. The van der Waals surface area contributed by atoms with Gasteiger partial charge in [0.05, 0.1) is 28.7 Å². The third-order valence-corrected chi connectivity index (χ3v) is 5.13. The molecule has 1 unspecified atom stereocenters. The minimum Gasteiger partial charge on any atom is -0.323 e. The smallest absolute Gasteiger partial charge is 0.262 e. The highest BCUT2D eigenvalue weighted by Crippen LogP contribution is 2.28. The maximum absolute atomic E-state index is 13.1. The van der Waals surface area contributed by atoms with Crippen molar-refractivity contribution in [2.45, 2.75) is 26.8 Å². The Morgan fingerprint density at radius 1 is 1.10 bits per heavy atom. The zero-order chi connectivity index (χ0) is 20.9. The molecule has 3 amide bonds. The van der Waals surface area contributed by atoms with Crippen molar-refractivity contribution in [3.8, 4) is 0 Å². The number of anilines is 1. The van der Waals surface area contributed by atoms with Gasteiger partial charge in [0.1, 0.15) is 6.04 Å². The van der Waals surface area contributed by atoms with Crippen LogP contribution in [0.2, 0.25) is 0 Å². The van der Waals surface area contributed by atoms with E-state index in [-0.39, 0.29) is 5.92 Å². The lowest BCUT2D eigenvalue weighted by molar-refractivity contribution is -0.121. The number of nitrogens with one attached hydrogen (secondary N) is 1. The SMILES string of the molecule is Cc1nn(C)c2ncc(NC(=O)C(C(C)C)N3C(=O)c4ccccc4C3=O)cc12. The van der Waals surface area contributed by atoms with Crippen LogP contribution in [-0.4, -0.2) is 43.4 Å². The summed E-state index contributed by atoms with van der Waals surface area (Å²) in [6, 6.07) is 7.47. The monoisotopic (exact) mass is 391 g/mol. The van der Waals surface area contributed by atoms with E-state index in [1.165, 1.54) is 0 Å². The van der Waals surface area contributed by atoms with Crippen molar-refractivity contribution in [3.63, 3.8) is 0 Å². The van der Waals surface area contributed by atoms with Crippen LogP contribution in [0.3, 0.4) is 0 Å². The van der Waals surface area contributed by atoms with Gasteiger partial charge in [-0.3, -0.25) is 24.0 Å². The van der Waals surface area contributed by atoms with Crippen LogP contribution in [0.15, 0.2) is 36.5 Å². The van der Waals surface area contributed by atoms with E-state index in [1.54, 1.807) is 62.1 Å². The minimum absolute atomic E-state index is 0.269. The van der Waals surface area contributed by atoms with E-state index in [4.69, 9.17) is 0 Å². The summed E-state index contributed by atoms with van der Waals surface area (Å²) < 4.78 is 1.67. The van der Waals surface area contributed by atoms with Crippen molar-refractivity contribution >= 4 is 34.4 Å². The number of benzene rings is 1. The lowest BCUT2D eigenvalue weighted by Crippen LogP contribution is -2.50. The summed E-state index contributed by atoms with van der Waals surface area (Å²) in [6.45, 7) is 5.48. The normalized spacial score (nSPS) is 14.6. The molecule has 0 saturated carbocycles. The van der Waals surface area contributed by atoms with Crippen LogP contribution >= 0.6 is 0 Å². The van der Waals surface area contributed by atoms with E-state index in [1.807, 2.05) is 6.92 Å². The number of pyridine rings is 1. The molecule has 3 aromatic rings. The summed E-state index contributed by atoms with van der Waals surface area (Å²) in [5, 5.41) is 7.96. The van der Waals surface area contributed by atoms with Crippen LogP contribution in [0.25, 0.3) is 11.0 Å². The van der Waals surface area contributed by atoms with E-state index >= 15 is 0 Å². The van der Waals surface area contributed by atoms with Crippen molar-refractivity contribution in [3.05, 3.63) is 53.3 Å². The molecule has 0 radical (unpaired) electrons. The fraction of sp³-hybridized carbons (Fsp3) is 0.286. The molecule has 0 fully saturated rings. The van der Waals surface area contributed by atoms with Crippen molar-refractivity contribution in [2.24, 2.45) is 13.0 Å². The maximum atomic E-state index is 13.1. The fourth-order valence-corrected chi connectivity index (χ4v) is 3.77. The van der Waals surface area contributed by atoms with Gasteiger partial charge < -0.3 is 5.32 Å². The second-order valence-electron chi connectivity index (χ2n) is 7.51. The van der Waals surface area contributed by atoms with Gasteiger partial charge in [0.15, 0.2) is 5.65 Å². The number of fused-ring (bicyclic) bond motifs is 2. The first kappa shape index (κ1) is 18.8. The second kappa shape index (κ2) is 6.80. The molecule has 1 aliphatic rings. The summed E-state index contributed by atoms with van der Waals surface area (Å²) in [5.41, 5.74) is 2.64. The molecule has 1 aromatic carbocycles. The van der Waals surface area contributed by atoms with Crippen LogP contribution in [0.1, 0.15) is 40.3 Å². The van der Waals surface area contributed by atoms with Crippen LogP contribution in [0.5, 0.6) is 0 Å². The topological polar surface area (TPSA) is 97.2 Å². The molecule has 8 heteroatoms. The number of hydrogen-bond donors (Lipinski definition) is 1. The molecule has 29 heavy (non-hydrogen) atoms. The molecular formula is C21H21N5O3. The predicted octanol–water partition coefficient (Wildman–Crippen LogP) is 2.54. The van der Waals surface area contributed by atoms with Gasteiger partial charge in [-0.15, -0.1) is 0 Å². The van der Waals surface area contributed by atoms with E-state index in [9.17, 15) is 14.4 Å². The first-order chi connectivity index (χ1) is 13.8. The summed E-state index contributed by atoms with van der Waals surface area (Å²) in [6.07, 6.45) is 1.54. The largest absolute Gasteiger partial charge is 0.323 e. The number of aryl methyl sites for hydroxylation is 2. The molecule has 8 nitrogen and oxygen atoms in total. The number of nitrogens with zero attached hydrogens (tertiary/aromatic N) is 4. The van der Waals surface area contributed by atoms with Gasteiger partial charge in [-0.25, -0.2) is 4.98 Å². The Labute approximate surface area is 167 Å². The van der Waals surface area contributed by atoms with Crippen LogP contribution in [0.4, 0.5) is 5.69 Å². The lowest BCUT2D eigenvalue weighted by Gasteiger charge is -2.28. The van der Waals surface area contributed by atoms with Gasteiger partial charge in [-0.2, -0.15) is 5.10 Å². The Morgan fingerprint density at radius 2 is 1.72 bits per heavy atom. The highest BCUT2D eigenvalue weighted by molar-refractivity contribution is 6.23. The first-order valence-electron chi connectivity index (χ1n) is 9.36. The van der Waals surface area contributed by atoms with Crippen molar-refractivity contribution in [1.29, 1.82) is 0 Å². The first-order valence-corrected chi connectivity index (χ1v) is 9.36. The summed E-state index contributed by atoms with van der Waals surface area (Å²) in [4.78, 5) is 44.2. The van der Waals surface area contributed by atoms with Crippen molar-refractivity contribution in [2.75, 3.05) is 5.32 Å². The zero-order valence-corrected chi connectivity index (χ0v) is 16.6. The number of aromatic nitrogens is 3. The highest BCUT2D eigenvalue weighted by atomic mass is 16.2. The highest BCUT2D eigenvalue weighted by Gasteiger charge is 2.43. The standard InChI is InChI=1S/C21H21N5O3/c1-11(2)17(26-20(28)14-7-5-6-8-15(14)21(26)29)19(27)23-13-9-16-12(3)24-25(4)18(16)22-10-13/h5-11,17H,1-4H3,(H,23,27). The Balaban J connectivity index is 1.65. The lowest BCUT2D eigenvalue weighted by atomic mass is 10.0. The van der Waals surface area contributed by atoms with Gasteiger partial charge in [0.2, 0.25) is 5.91 Å². The molecule has 0 saturated heterocycles. The number of carbonyl (C=O) groups is 3. The van der Waals surface area contributed by atoms with Gasteiger partial charge >= 0.3 is 0 Å². The van der Waals surface area contributed by atoms with Crippen LogP contribution < -0.4 is 5.32 Å². The predicted molar refractivity (Wildman–Crippen MR) is 107 cm³/mol. The molecule has 148 valence electrons. The molecular weight excluding hydrogens is 370 g/mol. The Bertz CT molecular complexity index is 1130. The quantitative estimate of drug-likeness (QED) is 0.690. The Kier molecular flexibility index (Phi) is 4.41. The molecule has 1 aliphatic heterocycles. The van der Waals surface area contributed by atoms with Gasteiger partial charge in [0.25, 0.3) is 11.8 Å². The fourth-order valence-electron chi connectivity index (χ4n) is 3.77. The number of amides is 3. The summed E-state index contributed by atoms with van der Waals surface area (Å²) in [7, 11) is 1.80. The molecule has 1 N–H and O–H groups in total. The molecule has 3 heterocycles. The zero-order valence-electron chi connectivity index (χ0n) is 16.6. The average molecular weight is 391 g/mol. The number of carbonyl (C=O) groups excluding carboxylic acids is 3. The minimum atomic E-state index is -0.937. The van der Waals surface area contributed by atoms with Crippen molar-refractivity contribution < 1.29 is 14.4 Å². The molecule has 2 aromatic heterocycles. The number of hydrogen-bond acceptors (Lipinski definition) is 5. The number of rotatable bonds is 4. The van der Waals surface area contributed by atoms with Gasteiger partial charge in [-0.05, 0) is 31.0 Å². The van der Waals surface area contributed by atoms with Crippen molar-refractivity contribution in [1.82, 2.24) is 19.7 Å². The summed E-state index contributed by atoms with van der Waals surface area (Å²) >= 11 is 0. The van der Waals surface area contributed by atoms with E-state index < -0.39 is 23.8 Å². The summed E-state index contributed by atoms with van der Waals surface area (Å²) in [5.74, 6) is -1.60. The van der Waals surface area contributed by atoms with Crippen LogP contribution in [-0.2, 0) is 11.8 Å². The molecule has 0 aliphatic carbocycles. The van der Waals surface area contributed by atoms with Crippen LogP contribution in [0, 0.1) is 12.8 Å². The van der Waals surface area contributed by atoms with E-state index in [0.717, 1.165) is 16.0 Å². The third kappa shape index (κ3) is 2.97. The van der Waals surface area contributed by atoms with Gasteiger partial charge in [-0.1, -0.05) is 26.0 Å². The van der Waals surface area contributed by atoms with E-state index in [0.29, 0.717) is 22.5 Å². The molecule has 1 atom stereocenters. The second-order valence-corrected chi connectivity index (χ2v) is 7.51. The molecule has 4 rings (SSSR count). The molecule has 0 bridgehead atoms. The third-order valence-electron chi connectivity index (χ3n) is 5.13. The average Bonchev–Trinajstić information content (AvgIpc) is 3.10. The molecule has 0 spiro atoms.